The van der Waals surface area contributed by atoms with Gasteiger partial charge in [-0.15, -0.1) is 0 Å². The maximum atomic E-state index is 13.2. The summed E-state index contributed by atoms with van der Waals surface area (Å²) in [6.45, 7) is 7.81. The van der Waals surface area contributed by atoms with Gasteiger partial charge < -0.3 is 4.74 Å². The van der Waals surface area contributed by atoms with E-state index in [2.05, 4.69) is 12.1 Å². The molecular formula is C26H29Cl2NO3. The van der Waals surface area contributed by atoms with E-state index in [1.807, 2.05) is 58.0 Å². The Morgan fingerprint density at radius 3 is 2.31 bits per heavy atom. The normalized spacial score (nSPS) is 25.6. The molecule has 2 amide bonds. The van der Waals surface area contributed by atoms with Crippen LogP contribution in [0.2, 0.25) is 10.0 Å². The summed E-state index contributed by atoms with van der Waals surface area (Å²) in [4.78, 5) is 27.3. The monoisotopic (exact) mass is 473 g/mol. The number of aryl methyl sites for hydroxylation is 1. The smallest absolute Gasteiger partial charge is 0.417 e. The highest BCUT2D eigenvalue weighted by Crippen LogP contribution is 2.54. The summed E-state index contributed by atoms with van der Waals surface area (Å²) in [5.74, 6) is -0.146. The minimum absolute atomic E-state index is 0.00712. The van der Waals surface area contributed by atoms with Gasteiger partial charge in [0.1, 0.15) is 5.60 Å². The fourth-order valence-electron chi connectivity index (χ4n) is 5.28. The highest BCUT2D eigenvalue weighted by atomic mass is 35.5. The van der Waals surface area contributed by atoms with Crippen LogP contribution in [0.1, 0.15) is 62.1 Å². The highest BCUT2D eigenvalue weighted by Gasteiger charge is 2.52. The number of rotatable bonds is 2. The number of halogens is 2. The summed E-state index contributed by atoms with van der Waals surface area (Å²) < 4.78 is 5.53. The lowest BCUT2D eigenvalue weighted by molar-refractivity contribution is -0.131. The first-order valence-electron chi connectivity index (χ1n) is 11.1. The van der Waals surface area contributed by atoms with Gasteiger partial charge >= 0.3 is 6.09 Å². The molecule has 4 rings (SSSR count). The van der Waals surface area contributed by atoms with Crippen LogP contribution in [0.3, 0.4) is 0 Å². The van der Waals surface area contributed by atoms with Crippen molar-refractivity contribution in [3.05, 3.63) is 69.2 Å². The van der Waals surface area contributed by atoms with Crippen LogP contribution in [-0.4, -0.2) is 29.0 Å². The molecule has 2 aromatic carbocycles. The lowest BCUT2D eigenvalue weighted by Gasteiger charge is -2.40. The van der Waals surface area contributed by atoms with E-state index in [0.717, 1.165) is 34.6 Å². The molecule has 1 heterocycles. The average Bonchev–Trinajstić information content (AvgIpc) is 3.04. The van der Waals surface area contributed by atoms with E-state index in [-0.39, 0.29) is 29.6 Å². The fraction of sp³-hybridized carbons (Fsp3) is 0.462. The van der Waals surface area contributed by atoms with Crippen molar-refractivity contribution < 1.29 is 14.3 Å². The molecule has 2 aliphatic rings. The Hall–Kier alpha value is -2.04. The van der Waals surface area contributed by atoms with Crippen LogP contribution in [0.15, 0.2) is 42.5 Å². The standard InChI is InChI=1S/C26H29Cl2NO3/c1-15-5-10-18(22(28)13-15)19-11-12-20-21(23(19)16-6-8-17(27)9-7-16)14-29(24(20)30)25(31)32-26(2,3)4/h5-10,13,19-21,23H,11-12,14H2,1-4H3. The zero-order valence-corrected chi connectivity index (χ0v) is 20.4. The van der Waals surface area contributed by atoms with Gasteiger partial charge in [-0.05, 0) is 93.2 Å². The molecular weight excluding hydrogens is 445 g/mol. The topological polar surface area (TPSA) is 46.6 Å². The molecule has 0 N–H and O–H groups in total. The average molecular weight is 474 g/mol. The molecule has 2 aromatic rings. The Bertz CT molecular complexity index is 1030. The van der Waals surface area contributed by atoms with Gasteiger partial charge in [-0.2, -0.15) is 0 Å². The van der Waals surface area contributed by atoms with Crippen LogP contribution in [0.4, 0.5) is 4.79 Å². The van der Waals surface area contributed by atoms with Gasteiger partial charge in [0.25, 0.3) is 0 Å². The Labute approximate surface area is 199 Å². The van der Waals surface area contributed by atoms with Crippen molar-refractivity contribution in [1.82, 2.24) is 4.90 Å². The largest absolute Gasteiger partial charge is 0.443 e. The molecule has 170 valence electrons. The quantitative estimate of drug-likeness (QED) is 0.472. The molecule has 1 aliphatic heterocycles. The molecule has 1 aliphatic carbocycles. The molecule has 0 aromatic heterocycles. The van der Waals surface area contributed by atoms with Gasteiger partial charge in [-0.3, -0.25) is 4.79 Å². The van der Waals surface area contributed by atoms with E-state index in [4.69, 9.17) is 27.9 Å². The molecule has 0 spiro atoms. The zero-order valence-electron chi connectivity index (χ0n) is 18.9. The van der Waals surface area contributed by atoms with Crippen molar-refractivity contribution in [3.8, 4) is 0 Å². The molecule has 0 radical (unpaired) electrons. The molecule has 1 saturated carbocycles. The Morgan fingerprint density at radius 1 is 1.03 bits per heavy atom. The molecule has 1 saturated heterocycles. The first-order valence-corrected chi connectivity index (χ1v) is 11.9. The number of fused-ring (bicyclic) bond motifs is 1. The number of carbonyl (C=O) groups excluding carboxylic acids is 2. The second kappa shape index (κ2) is 8.72. The third-order valence-electron chi connectivity index (χ3n) is 6.60. The van der Waals surface area contributed by atoms with E-state index < -0.39 is 11.7 Å². The number of nitrogens with zero attached hydrogens (tertiary/aromatic N) is 1. The van der Waals surface area contributed by atoms with Gasteiger partial charge in [0.2, 0.25) is 5.91 Å². The number of hydrogen-bond acceptors (Lipinski definition) is 3. The van der Waals surface area contributed by atoms with Crippen LogP contribution in [0.5, 0.6) is 0 Å². The van der Waals surface area contributed by atoms with Crippen LogP contribution >= 0.6 is 23.2 Å². The minimum Gasteiger partial charge on any atom is -0.443 e. The summed E-state index contributed by atoms with van der Waals surface area (Å²) in [5.41, 5.74) is 2.67. The minimum atomic E-state index is -0.654. The SMILES string of the molecule is Cc1ccc(C2CCC3C(=O)N(C(=O)OC(C)(C)C)CC3C2c2ccc(Cl)cc2)c(Cl)c1. The summed E-state index contributed by atoms with van der Waals surface area (Å²) in [5, 5.41) is 1.42. The number of ether oxygens (including phenoxy) is 1. The van der Waals surface area contributed by atoms with Crippen LogP contribution in [-0.2, 0) is 9.53 Å². The van der Waals surface area contributed by atoms with Crippen molar-refractivity contribution in [3.63, 3.8) is 0 Å². The second-order valence-electron chi connectivity index (χ2n) is 9.99. The van der Waals surface area contributed by atoms with Gasteiger partial charge in [-0.25, -0.2) is 9.69 Å². The van der Waals surface area contributed by atoms with Crippen molar-refractivity contribution in [2.24, 2.45) is 11.8 Å². The van der Waals surface area contributed by atoms with Crippen molar-refractivity contribution in [2.45, 2.75) is 58.0 Å². The summed E-state index contributed by atoms with van der Waals surface area (Å²) in [7, 11) is 0. The predicted octanol–water partition coefficient (Wildman–Crippen LogP) is 6.97. The summed E-state index contributed by atoms with van der Waals surface area (Å²) in [6, 6.07) is 14.0. The van der Waals surface area contributed by atoms with Gasteiger partial charge in [0.15, 0.2) is 0 Å². The molecule has 2 fully saturated rings. The second-order valence-corrected chi connectivity index (χ2v) is 10.8. The third kappa shape index (κ3) is 4.53. The predicted molar refractivity (Wildman–Crippen MR) is 127 cm³/mol. The maximum Gasteiger partial charge on any atom is 0.417 e. The molecule has 4 unspecified atom stereocenters. The number of hydrogen-bond donors (Lipinski definition) is 0. The van der Waals surface area contributed by atoms with Gasteiger partial charge in [0, 0.05) is 22.5 Å². The van der Waals surface area contributed by atoms with E-state index in [0.29, 0.717) is 11.6 Å². The van der Waals surface area contributed by atoms with E-state index >= 15 is 0 Å². The number of likely N-dealkylation sites (tertiary alicyclic amines) is 1. The lowest BCUT2D eigenvalue weighted by Crippen LogP contribution is -2.38. The highest BCUT2D eigenvalue weighted by molar-refractivity contribution is 6.31. The summed E-state index contributed by atoms with van der Waals surface area (Å²) in [6.07, 6.45) is 0.990. The fourth-order valence-corrected chi connectivity index (χ4v) is 5.78. The number of benzene rings is 2. The lowest BCUT2D eigenvalue weighted by atomic mass is 9.63. The first-order chi connectivity index (χ1) is 15.0. The van der Waals surface area contributed by atoms with Crippen LogP contribution in [0.25, 0.3) is 0 Å². The Morgan fingerprint density at radius 2 is 1.69 bits per heavy atom. The molecule has 4 atom stereocenters. The van der Waals surface area contributed by atoms with E-state index in [1.165, 1.54) is 4.90 Å². The molecule has 4 nitrogen and oxygen atoms in total. The molecule has 32 heavy (non-hydrogen) atoms. The molecule has 0 bridgehead atoms. The van der Waals surface area contributed by atoms with E-state index in [1.54, 1.807) is 0 Å². The summed E-state index contributed by atoms with van der Waals surface area (Å²) >= 11 is 12.9. The van der Waals surface area contributed by atoms with Crippen molar-refractivity contribution in [1.29, 1.82) is 0 Å². The van der Waals surface area contributed by atoms with E-state index in [9.17, 15) is 9.59 Å². The third-order valence-corrected chi connectivity index (χ3v) is 7.18. The number of carbonyl (C=O) groups is 2. The van der Waals surface area contributed by atoms with Crippen LogP contribution < -0.4 is 0 Å². The van der Waals surface area contributed by atoms with Gasteiger partial charge in [-0.1, -0.05) is 47.5 Å². The zero-order chi connectivity index (χ0) is 23.2. The van der Waals surface area contributed by atoms with Crippen molar-refractivity contribution in [2.75, 3.05) is 6.54 Å². The maximum absolute atomic E-state index is 13.2. The van der Waals surface area contributed by atoms with Crippen molar-refractivity contribution >= 4 is 35.2 Å². The van der Waals surface area contributed by atoms with Crippen LogP contribution in [0, 0.1) is 18.8 Å². The Kier molecular flexibility index (Phi) is 6.30. The molecule has 6 heteroatoms. The first kappa shape index (κ1) is 23.1. The number of amides is 2. The van der Waals surface area contributed by atoms with Gasteiger partial charge in [0.05, 0.1) is 0 Å². The number of imide groups is 1. The Balaban J connectivity index is 1.72.